The van der Waals surface area contributed by atoms with Gasteiger partial charge in [0.2, 0.25) is 10.0 Å². The van der Waals surface area contributed by atoms with Gasteiger partial charge >= 0.3 is 6.61 Å². The standard InChI is InChI=1S/C19H22F2N2O6S/c1-11(2)23-30(25,26)17-9-12(5-7-15(17)28-4)18(24)22-13-6-8-14(27-3)16(10-13)29-19(20)21/h5-11,19,23H,1-4H3,(H,22,24). The van der Waals surface area contributed by atoms with E-state index in [9.17, 15) is 22.0 Å². The smallest absolute Gasteiger partial charge is 0.387 e. The zero-order chi connectivity index (χ0) is 22.5. The number of ether oxygens (including phenoxy) is 3. The van der Waals surface area contributed by atoms with E-state index < -0.39 is 22.5 Å². The summed E-state index contributed by atoms with van der Waals surface area (Å²) < 4.78 is 67.1. The molecule has 0 aliphatic carbocycles. The molecule has 164 valence electrons. The number of anilines is 1. The van der Waals surface area contributed by atoms with E-state index in [1.807, 2.05) is 0 Å². The van der Waals surface area contributed by atoms with Crippen LogP contribution in [0.15, 0.2) is 41.3 Å². The quantitative estimate of drug-likeness (QED) is 0.616. The summed E-state index contributed by atoms with van der Waals surface area (Å²) in [6.45, 7) is 0.236. The third kappa shape index (κ3) is 5.80. The van der Waals surface area contributed by atoms with Gasteiger partial charge in [0.1, 0.15) is 10.6 Å². The van der Waals surface area contributed by atoms with Gasteiger partial charge in [0.05, 0.1) is 14.2 Å². The van der Waals surface area contributed by atoms with E-state index in [-0.39, 0.29) is 39.4 Å². The van der Waals surface area contributed by atoms with E-state index in [2.05, 4.69) is 14.8 Å². The summed E-state index contributed by atoms with van der Waals surface area (Å²) in [5.41, 5.74) is 0.170. The summed E-state index contributed by atoms with van der Waals surface area (Å²) in [7, 11) is -1.34. The lowest BCUT2D eigenvalue weighted by Gasteiger charge is -2.15. The number of amides is 1. The van der Waals surface area contributed by atoms with Crippen LogP contribution in [0.25, 0.3) is 0 Å². The second-order valence-corrected chi connectivity index (χ2v) is 8.02. The highest BCUT2D eigenvalue weighted by Gasteiger charge is 2.23. The Kier molecular flexibility index (Phi) is 7.57. The first-order chi connectivity index (χ1) is 14.1. The number of sulfonamides is 1. The lowest BCUT2D eigenvalue weighted by Crippen LogP contribution is -2.30. The van der Waals surface area contributed by atoms with E-state index in [0.717, 1.165) is 0 Å². The Labute approximate surface area is 173 Å². The van der Waals surface area contributed by atoms with Gasteiger partial charge in [-0.15, -0.1) is 0 Å². The minimum absolute atomic E-state index is 0.0204. The maximum atomic E-state index is 12.6. The molecule has 0 bridgehead atoms. The summed E-state index contributed by atoms with van der Waals surface area (Å²) in [6, 6.07) is 7.47. The Bertz CT molecular complexity index is 1010. The van der Waals surface area contributed by atoms with E-state index >= 15 is 0 Å². The number of halogens is 2. The Hall–Kier alpha value is -2.92. The lowest BCUT2D eigenvalue weighted by atomic mass is 10.2. The maximum absolute atomic E-state index is 12.6. The molecule has 0 unspecified atom stereocenters. The second kappa shape index (κ2) is 9.72. The highest BCUT2D eigenvalue weighted by molar-refractivity contribution is 7.89. The maximum Gasteiger partial charge on any atom is 0.387 e. The molecule has 2 aromatic carbocycles. The van der Waals surface area contributed by atoms with Crippen molar-refractivity contribution >= 4 is 21.6 Å². The number of alkyl halides is 2. The number of methoxy groups -OCH3 is 2. The highest BCUT2D eigenvalue weighted by atomic mass is 32.2. The predicted molar refractivity (Wildman–Crippen MR) is 106 cm³/mol. The lowest BCUT2D eigenvalue weighted by molar-refractivity contribution is -0.0511. The van der Waals surface area contributed by atoms with Crippen LogP contribution >= 0.6 is 0 Å². The van der Waals surface area contributed by atoms with Gasteiger partial charge in [-0.25, -0.2) is 13.1 Å². The molecule has 2 rings (SSSR count). The summed E-state index contributed by atoms with van der Waals surface area (Å²) >= 11 is 0. The van der Waals surface area contributed by atoms with Gasteiger partial charge in [0.15, 0.2) is 11.5 Å². The first kappa shape index (κ1) is 23.4. The molecule has 0 aliphatic heterocycles. The topological polar surface area (TPSA) is 103 Å². The fraction of sp³-hybridized carbons (Fsp3) is 0.316. The van der Waals surface area contributed by atoms with E-state index in [1.165, 1.54) is 50.6 Å². The predicted octanol–water partition coefficient (Wildman–Crippen LogP) is 3.24. The molecule has 0 saturated heterocycles. The number of benzene rings is 2. The minimum Gasteiger partial charge on any atom is -0.495 e. The van der Waals surface area contributed by atoms with Crippen LogP contribution < -0.4 is 24.2 Å². The first-order valence-corrected chi connectivity index (χ1v) is 10.2. The van der Waals surface area contributed by atoms with Crippen molar-refractivity contribution in [1.29, 1.82) is 0 Å². The van der Waals surface area contributed by atoms with E-state index in [4.69, 9.17) is 9.47 Å². The Balaban J connectivity index is 2.35. The Morgan fingerprint density at radius 3 is 2.17 bits per heavy atom. The minimum atomic E-state index is -3.94. The van der Waals surface area contributed by atoms with Crippen molar-refractivity contribution in [1.82, 2.24) is 4.72 Å². The molecule has 0 spiro atoms. The largest absolute Gasteiger partial charge is 0.495 e. The molecule has 2 aromatic rings. The molecule has 0 aliphatic rings. The molecule has 0 heterocycles. The van der Waals surface area contributed by atoms with Crippen LogP contribution in [0.2, 0.25) is 0 Å². The van der Waals surface area contributed by atoms with Gasteiger partial charge < -0.3 is 19.5 Å². The normalized spacial score (nSPS) is 11.5. The van der Waals surface area contributed by atoms with E-state index in [1.54, 1.807) is 13.8 Å². The Morgan fingerprint density at radius 2 is 1.60 bits per heavy atom. The molecular weight excluding hydrogens is 422 g/mol. The van der Waals surface area contributed by atoms with Gasteiger partial charge in [0.25, 0.3) is 5.91 Å². The number of nitrogens with one attached hydrogen (secondary N) is 2. The number of carbonyl (C=O) groups excluding carboxylic acids is 1. The number of hydrogen-bond donors (Lipinski definition) is 2. The zero-order valence-corrected chi connectivity index (χ0v) is 17.5. The molecular formula is C19H22F2N2O6S. The average molecular weight is 444 g/mol. The van der Waals surface area contributed by atoms with Crippen molar-refractivity contribution in [3.63, 3.8) is 0 Å². The molecule has 11 heteroatoms. The van der Waals surface area contributed by atoms with Crippen LogP contribution in [-0.2, 0) is 10.0 Å². The van der Waals surface area contributed by atoms with Crippen LogP contribution in [0.3, 0.4) is 0 Å². The third-order valence-corrected chi connectivity index (χ3v) is 5.42. The highest BCUT2D eigenvalue weighted by Crippen LogP contribution is 2.32. The molecule has 30 heavy (non-hydrogen) atoms. The second-order valence-electron chi connectivity index (χ2n) is 6.34. The van der Waals surface area contributed by atoms with Gasteiger partial charge in [-0.05, 0) is 44.2 Å². The van der Waals surface area contributed by atoms with Gasteiger partial charge in [-0.3, -0.25) is 4.79 Å². The van der Waals surface area contributed by atoms with Crippen LogP contribution in [0, 0.1) is 0 Å². The third-order valence-electron chi connectivity index (χ3n) is 3.74. The molecule has 0 radical (unpaired) electrons. The molecule has 0 saturated carbocycles. The van der Waals surface area contributed by atoms with Crippen molar-refractivity contribution < 1.29 is 36.2 Å². The van der Waals surface area contributed by atoms with E-state index in [0.29, 0.717) is 0 Å². The summed E-state index contributed by atoms with van der Waals surface area (Å²) in [5.74, 6) is -0.793. The van der Waals surface area contributed by atoms with Crippen LogP contribution in [0.4, 0.5) is 14.5 Å². The van der Waals surface area contributed by atoms with Gasteiger partial charge in [0, 0.05) is 23.4 Å². The molecule has 0 aromatic heterocycles. The number of hydrogen-bond acceptors (Lipinski definition) is 6. The molecule has 8 nitrogen and oxygen atoms in total. The Morgan fingerprint density at radius 1 is 0.967 bits per heavy atom. The van der Waals surface area contributed by atoms with Crippen molar-refractivity contribution in [2.24, 2.45) is 0 Å². The van der Waals surface area contributed by atoms with Crippen molar-refractivity contribution in [3.05, 3.63) is 42.0 Å². The molecule has 0 fully saturated rings. The summed E-state index contributed by atoms with van der Waals surface area (Å²) in [5, 5.41) is 2.50. The summed E-state index contributed by atoms with van der Waals surface area (Å²) in [4.78, 5) is 12.4. The average Bonchev–Trinajstić information content (AvgIpc) is 2.66. The van der Waals surface area contributed by atoms with Crippen LogP contribution in [0.5, 0.6) is 17.2 Å². The number of carbonyl (C=O) groups is 1. The molecule has 0 atom stereocenters. The van der Waals surface area contributed by atoms with Crippen LogP contribution in [0.1, 0.15) is 24.2 Å². The van der Waals surface area contributed by atoms with Gasteiger partial charge in [-0.1, -0.05) is 0 Å². The molecule has 1 amide bonds. The molecule has 2 N–H and O–H groups in total. The van der Waals surface area contributed by atoms with Crippen molar-refractivity contribution in [2.45, 2.75) is 31.4 Å². The first-order valence-electron chi connectivity index (χ1n) is 8.72. The zero-order valence-electron chi connectivity index (χ0n) is 16.7. The fourth-order valence-electron chi connectivity index (χ4n) is 2.55. The monoisotopic (exact) mass is 444 g/mol. The van der Waals surface area contributed by atoms with Crippen molar-refractivity contribution in [2.75, 3.05) is 19.5 Å². The SMILES string of the molecule is COc1ccc(NC(=O)c2ccc(OC)c(S(=O)(=O)NC(C)C)c2)cc1OC(F)F. The fourth-order valence-corrected chi connectivity index (χ4v) is 3.99. The van der Waals surface area contributed by atoms with Crippen LogP contribution in [-0.4, -0.2) is 41.2 Å². The van der Waals surface area contributed by atoms with Gasteiger partial charge in [-0.2, -0.15) is 8.78 Å². The van der Waals surface area contributed by atoms with Crippen molar-refractivity contribution in [3.8, 4) is 17.2 Å². The summed E-state index contributed by atoms with van der Waals surface area (Å²) in [6.07, 6.45) is 0. The number of rotatable bonds is 9.